The molecule has 1 aliphatic rings. The van der Waals surface area contributed by atoms with Crippen molar-refractivity contribution >= 4 is 23.7 Å². The molecule has 2 heterocycles. The summed E-state index contributed by atoms with van der Waals surface area (Å²) in [6.45, 7) is 9.91. The number of amides is 1. The van der Waals surface area contributed by atoms with E-state index >= 15 is 0 Å². The fourth-order valence-electron chi connectivity index (χ4n) is 7.29. The molecular formula is C48H56N4O11. The Kier molecular flexibility index (Phi) is 17.5. The molecular weight excluding hydrogens is 809 g/mol. The molecule has 4 aromatic carbocycles. The number of nitrogens with one attached hydrogen (secondary N) is 1. The van der Waals surface area contributed by atoms with Gasteiger partial charge in [-0.25, -0.2) is 4.79 Å². The number of carboxylic acid groups (broad SMARTS) is 1. The van der Waals surface area contributed by atoms with Gasteiger partial charge in [0.2, 0.25) is 0 Å². The predicted octanol–water partition coefficient (Wildman–Crippen LogP) is 6.56. The predicted molar refractivity (Wildman–Crippen MR) is 236 cm³/mol. The normalized spacial score (nSPS) is 17.0. The number of aliphatic carboxylic acids is 1. The highest BCUT2D eigenvalue weighted by Crippen LogP contribution is 2.43. The van der Waals surface area contributed by atoms with Gasteiger partial charge in [0.05, 0.1) is 33.7 Å². The average Bonchev–Trinajstić information content (AvgIpc) is 3.66. The Hall–Kier alpha value is -6.39. The number of carbonyl (C=O) groups excluding carboxylic acids is 2. The number of anilines is 1. The number of esters is 1. The van der Waals surface area contributed by atoms with Gasteiger partial charge in [0, 0.05) is 18.9 Å². The number of carboxylic acids is 1. The molecule has 63 heavy (non-hydrogen) atoms. The van der Waals surface area contributed by atoms with E-state index in [2.05, 4.69) is 36.0 Å². The van der Waals surface area contributed by atoms with Crippen LogP contribution in [0.3, 0.4) is 0 Å². The second kappa shape index (κ2) is 23.2. The zero-order chi connectivity index (χ0) is 45.4. The van der Waals surface area contributed by atoms with Crippen molar-refractivity contribution in [1.82, 2.24) is 14.5 Å². The first-order valence-corrected chi connectivity index (χ1v) is 20.8. The first-order valence-electron chi connectivity index (χ1n) is 20.8. The summed E-state index contributed by atoms with van der Waals surface area (Å²) >= 11 is 0. The zero-order valence-electron chi connectivity index (χ0n) is 36.5. The van der Waals surface area contributed by atoms with E-state index < -0.39 is 66.5 Å². The lowest BCUT2D eigenvalue weighted by atomic mass is 9.80. The Morgan fingerprint density at radius 2 is 1.29 bits per heavy atom. The Bertz CT molecular complexity index is 2220. The largest absolute Gasteiger partial charge is 0.497 e. The minimum Gasteiger partial charge on any atom is -0.497 e. The third kappa shape index (κ3) is 12.0. The first-order chi connectivity index (χ1) is 30.5. The monoisotopic (exact) mass is 864 g/mol. The quantitative estimate of drug-likeness (QED) is 0.0675. The molecule has 0 radical (unpaired) electrons. The van der Waals surface area contributed by atoms with Gasteiger partial charge in [0.15, 0.2) is 12.3 Å². The summed E-state index contributed by atoms with van der Waals surface area (Å²) in [5.41, 5.74) is 0.543. The van der Waals surface area contributed by atoms with Crippen molar-refractivity contribution in [3.8, 4) is 11.5 Å². The standard InChI is InChI=1S/C42H41N3O11.C6H15N/c1-51-31-18-14-29(15-19-31)42(28-12-8-5-9-13-28,30-16-20-32(52-2)21-17-30)54-26-33-37(56-36(48)23-22-35(46)47)38(53-3)40(55-33)45-25-24-34(44-41(45)50)43-39(49)27-10-6-4-7-11-27;1-4-7(5-2)6-3/h4-21,24-25,33,37-38,40H,22-23,26H2,1-3H3,(H,46,47)(H,43,44,49,50);4-6H2,1-3H3/t33-,37-,38-,40-;/m1./s1. The van der Waals surface area contributed by atoms with Gasteiger partial charge in [0.1, 0.15) is 35.1 Å². The number of rotatable bonds is 19. The lowest BCUT2D eigenvalue weighted by molar-refractivity contribution is -0.161. The summed E-state index contributed by atoms with van der Waals surface area (Å²) in [4.78, 5) is 57.1. The van der Waals surface area contributed by atoms with Crippen LogP contribution >= 0.6 is 0 Å². The van der Waals surface area contributed by atoms with Crippen molar-refractivity contribution < 1.29 is 47.9 Å². The molecule has 0 bridgehead atoms. The van der Waals surface area contributed by atoms with E-state index in [4.69, 9.17) is 28.4 Å². The number of carbonyl (C=O) groups is 3. The molecule has 0 aliphatic carbocycles. The van der Waals surface area contributed by atoms with E-state index in [1.165, 1.54) is 43.6 Å². The van der Waals surface area contributed by atoms with Crippen LogP contribution in [0.1, 0.15) is 66.9 Å². The van der Waals surface area contributed by atoms with Gasteiger partial charge < -0.3 is 43.7 Å². The van der Waals surface area contributed by atoms with Crippen molar-refractivity contribution in [2.75, 3.05) is 52.9 Å². The van der Waals surface area contributed by atoms with Gasteiger partial charge in [-0.2, -0.15) is 4.98 Å². The van der Waals surface area contributed by atoms with Crippen molar-refractivity contribution in [1.29, 1.82) is 0 Å². The Morgan fingerprint density at radius 1 is 0.746 bits per heavy atom. The van der Waals surface area contributed by atoms with E-state index in [-0.39, 0.29) is 12.4 Å². The van der Waals surface area contributed by atoms with E-state index in [1.807, 2.05) is 78.9 Å². The molecule has 1 saturated heterocycles. The fraction of sp³-hybridized carbons (Fsp3) is 0.354. The molecule has 1 fully saturated rings. The Labute approximate surface area is 367 Å². The Morgan fingerprint density at radius 3 is 1.76 bits per heavy atom. The van der Waals surface area contributed by atoms with E-state index in [0.717, 1.165) is 16.7 Å². The smallest absolute Gasteiger partial charge is 0.351 e. The lowest BCUT2D eigenvalue weighted by Crippen LogP contribution is -2.42. The molecule has 5 aromatic rings. The molecule has 1 aromatic heterocycles. The number of methoxy groups -OCH3 is 3. The van der Waals surface area contributed by atoms with Crippen molar-refractivity contribution in [3.05, 3.63) is 154 Å². The minimum atomic E-state index is -1.28. The summed E-state index contributed by atoms with van der Waals surface area (Å²) in [6, 6.07) is 34.3. The number of aromatic nitrogens is 2. The highest BCUT2D eigenvalue weighted by atomic mass is 16.6. The molecule has 2 N–H and O–H groups in total. The van der Waals surface area contributed by atoms with Crippen LogP contribution in [0.2, 0.25) is 0 Å². The molecule has 0 unspecified atom stereocenters. The maximum Gasteiger partial charge on any atom is 0.351 e. The fourth-order valence-corrected chi connectivity index (χ4v) is 7.29. The van der Waals surface area contributed by atoms with Crippen LogP contribution in [0.4, 0.5) is 5.82 Å². The molecule has 0 spiro atoms. The van der Waals surface area contributed by atoms with Gasteiger partial charge in [-0.05, 0) is 78.8 Å². The van der Waals surface area contributed by atoms with Crippen LogP contribution in [0.25, 0.3) is 0 Å². The average molecular weight is 865 g/mol. The zero-order valence-corrected chi connectivity index (χ0v) is 36.5. The molecule has 6 rings (SSSR count). The van der Waals surface area contributed by atoms with E-state index in [1.54, 1.807) is 44.6 Å². The third-order valence-electron chi connectivity index (χ3n) is 10.7. The molecule has 1 aliphatic heterocycles. The van der Waals surface area contributed by atoms with Crippen molar-refractivity contribution in [2.24, 2.45) is 0 Å². The van der Waals surface area contributed by atoms with Crippen LogP contribution in [0.15, 0.2) is 126 Å². The summed E-state index contributed by atoms with van der Waals surface area (Å²) in [6.07, 6.45) is -3.96. The minimum absolute atomic E-state index is 0.00947. The summed E-state index contributed by atoms with van der Waals surface area (Å²) in [7, 11) is 4.53. The molecule has 15 heteroatoms. The van der Waals surface area contributed by atoms with Crippen molar-refractivity contribution in [3.63, 3.8) is 0 Å². The number of nitrogens with zero attached hydrogens (tertiary/aromatic N) is 3. The Balaban J connectivity index is 0.000000985. The molecule has 1 amide bonds. The number of benzene rings is 4. The van der Waals surface area contributed by atoms with E-state index in [9.17, 15) is 24.3 Å². The third-order valence-corrected chi connectivity index (χ3v) is 10.7. The second-order valence-corrected chi connectivity index (χ2v) is 14.4. The van der Waals surface area contributed by atoms with Gasteiger partial charge in [0.25, 0.3) is 5.91 Å². The number of ether oxygens (including phenoxy) is 6. The van der Waals surface area contributed by atoms with Crippen LogP contribution in [0, 0.1) is 0 Å². The topological polar surface area (TPSA) is 177 Å². The maximum atomic E-state index is 13.5. The summed E-state index contributed by atoms with van der Waals surface area (Å²) in [5.74, 6) is -1.16. The van der Waals surface area contributed by atoms with Crippen LogP contribution in [-0.2, 0) is 34.1 Å². The second-order valence-electron chi connectivity index (χ2n) is 14.4. The highest BCUT2D eigenvalue weighted by molar-refractivity contribution is 6.03. The molecule has 4 atom stereocenters. The van der Waals surface area contributed by atoms with Gasteiger partial charge in [-0.15, -0.1) is 0 Å². The summed E-state index contributed by atoms with van der Waals surface area (Å²) < 4.78 is 37.3. The molecule has 15 nitrogen and oxygen atoms in total. The first kappa shape index (κ1) is 47.7. The lowest BCUT2D eigenvalue weighted by Gasteiger charge is -2.37. The number of hydrogen-bond donors (Lipinski definition) is 2. The number of hydrogen-bond acceptors (Lipinski definition) is 12. The van der Waals surface area contributed by atoms with Crippen LogP contribution in [0.5, 0.6) is 11.5 Å². The van der Waals surface area contributed by atoms with Crippen molar-refractivity contribution in [2.45, 2.75) is 63.8 Å². The van der Waals surface area contributed by atoms with Gasteiger partial charge in [-0.3, -0.25) is 19.0 Å². The molecule has 334 valence electrons. The molecule has 0 saturated carbocycles. The van der Waals surface area contributed by atoms with Gasteiger partial charge >= 0.3 is 17.6 Å². The SMILES string of the molecule is CCN(CC)CC.COc1ccc(C(OC[C@H]2O[C@@H](n3ccc(NC(=O)c4ccccc4)nc3=O)[C@H](OC)[C@@H]2OC(=O)CCC(=O)O)(c2ccccc2)c2ccc(OC)cc2)cc1. The van der Waals surface area contributed by atoms with E-state index in [0.29, 0.717) is 17.1 Å². The van der Waals surface area contributed by atoms with Crippen LogP contribution in [-0.4, -0.2) is 103 Å². The summed E-state index contributed by atoms with van der Waals surface area (Å²) in [5, 5.41) is 11.9. The maximum absolute atomic E-state index is 13.5. The van der Waals surface area contributed by atoms with Crippen LogP contribution < -0.4 is 20.5 Å². The van der Waals surface area contributed by atoms with Gasteiger partial charge in [-0.1, -0.05) is 93.6 Å². The highest BCUT2D eigenvalue weighted by Gasteiger charge is 2.50.